The van der Waals surface area contributed by atoms with Crippen LogP contribution < -0.4 is 14.5 Å². The number of nitrogens with one attached hydrogen (secondary N) is 1. The van der Waals surface area contributed by atoms with Gasteiger partial charge in [-0.05, 0) is 42.5 Å². The van der Waals surface area contributed by atoms with Gasteiger partial charge in [-0.1, -0.05) is 0 Å². The molecule has 2 aromatic carbocycles. The number of anilines is 2. The number of ether oxygens (including phenoxy) is 1. The fourth-order valence-electron chi connectivity index (χ4n) is 3.99. The molecule has 8 nitrogen and oxygen atoms in total. The Kier molecular flexibility index (Phi) is 4.74. The maximum atomic E-state index is 9.98. The highest BCUT2D eigenvalue weighted by atomic mass is 16.5. The monoisotopic (exact) mass is 417 g/mol. The molecule has 0 aliphatic carbocycles. The quantitative estimate of drug-likeness (QED) is 0.438. The van der Waals surface area contributed by atoms with Crippen LogP contribution in [0.4, 0.5) is 11.4 Å². The fourth-order valence-corrected chi connectivity index (χ4v) is 3.99. The first-order valence-corrected chi connectivity index (χ1v) is 10.1. The van der Waals surface area contributed by atoms with Gasteiger partial charge in [0, 0.05) is 55.5 Å². The van der Waals surface area contributed by atoms with Crippen molar-refractivity contribution in [1.29, 1.82) is 0 Å². The van der Waals surface area contributed by atoms with Gasteiger partial charge in [0.2, 0.25) is 5.75 Å². The van der Waals surface area contributed by atoms with Gasteiger partial charge in [-0.15, -0.1) is 0 Å². The molecule has 3 heterocycles. The lowest BCUT2D eigenvalue weighted by molar-refractivity contribution is 0.351. The van der Waals surface area contributed by atoms with Gasteiger partial charge in [0.15, 0.2) is 11.5 Å². The number of hydrogen-bond acceptors (Lipinski definition) is 7. The minimum atomic E-state index is -0.282. The van der Waals surface area contributed by atoms with E-state index in [1.54, 1.807) is 6.07 Å². The highest BCUT2D eigenvalue weighted by Gasteiger charge is 2.19. The van der Waals surface area contributed by atoms with E-state index in [1.165, 1.54) is 18.9 Å². The summed E-state index contributed by atoms with van der Waals surface area (Å²) in [5.74, 6) is 0.268. The first kappa shape index (κ1) is 19.0. The van der Waals surface area contributed by atoms with E-state index in [-0.39, 0.29) is 17.2 Å². The van der Waals surface area contributed by atoms with Gasteiger partial charge in [0.25, 0.3) is 0 Å². The molecule has 31 heavy (non-hydrogen) atoms. The topological polar surface area (TPSA) is 97.7 Å². The summed E-state index contributed by atoms with van der Waals surface area (Å²) in [5, 5.41) is 19.8. The third kappa shape index (κ3) is 3.56. The van der Waals surface area contributed by atoms with Gasteiger partial charge in [-0.2, -0.15) is 0 Å². The molecule has 0 atom stereocenters. The predicted molar refractivity (Wildman–Crippen MR) is 120 cm³/mol. The second-order valence-electron chi connectivity index (χ2n) is 7.51. The van der Waals surface area contributed by atoms with Gasteiger partial charge < -0.3 is 29.7 Å². The first-order valence-electron chi connectivity index (χ1n) is 10.1. The van der Waals surface area contributed by atoms with E-state index < -0.39 is 0 Å². The Labute approximate surface area is 179 Å². The molecule has 0 bridgehead atoms. The van der Waals surface area contributed by atoms with Crippen molar-refractivity contribution in [3.8, 4) is 28.6 Å². The first-order chi connectivity index (χ1) is 15.1. The number of methoxy groups -OCH3 is 1. The van der Waals surface area contributed by atoms with Gasteiger partial charge in [0.1, 0.15) is 5.82 Å². The number of pyridine rings is 1. The summed E-state index contributed by atoms with van der Waals surface area (Å²) in [4.78, 5) is 16.8. The minimum Gasteiger partial charge on any atom is -0.504 e. The molecule has 0 unspecified atom stereocenters. The number of aromatic nitrogens is 3. The average molecular weight is 417 g/mol. The van der Waals surface area contributed by atoms with E-state index in [1.807, 2.05) is 30.6 Å². The van der Waals surface area contributed by atoms with E-state index >= 15 is 0 Å². The summed E-state index contributed by atoms with van der Waals surface area (Å²) in [7, 11) is 1.44. The number of aromatic hydroxyl groups is 2. The van der Waals surface area contributed by atoms with Crippen molar-refractivity contribution in [2.24, 2.45) is 0 Å². The average Bonchev–Trinajstić information content (AvgIpc) is 3.25. The van der Waals surface area contributed by atoms with Crippen molar-refractivity contribution in [2.45, 2.75) is 0 Å². The van der Waals surface area contributed by atoms with E-state index in [4.69, 9.17) is 4.74 Å². The maximum Gasteiger partial charge on any atom is 0.200 e. The molecule has 4 aromatic rings. The zero-order valence-corrected chi connectivity index (χ0v) is 17.1. The van der Waals surface area contributed by atoms with Crippen LogP contribution >= 0.6 is 0 Å². The number of hydrogen-bond donors (Lipinski definition) is 3. The lowest BCUT2D eigenvalue weighted by Crippen LogP contribution is -2.46. The second-order valence-corrected chi connectivity index (χ2v) is 7.51. The van der Waals surface area contributed by atoms with Gasteiger partial charge >= 0.3 is 0 Å². The molecule has 1 aliphatic rings. The molecule has 0 radical (unpaired) electrons. The summed E-state index contributed by atoms with van der Waals surface area (Å²) in [6, 6.07) is 13.4. The molecule has 3 N–H and O–H groups in total. The normalized spacial score (nSPS) is 14.2. The standard InChI is InChI=1S/C23H23N5O3/c1-31-21-13-15(12-20(29)22(21)30)23-25-18-3-2-17(14-19(18)26-23)28-10-8-27(9-11-28)16-4-6-24-7-5-16/h2-7,12-14,29-30H,8-11H2,1H3,(H,25,26). The van der Waals surface area contributed by atoms with Crippen LogP contribution in [0.25, 0.3) is 22.4 Å². The highest BCUT2D eigenvalue weighted by Crippen LogP contribution is 2.39. The predicted octanol–water partition coefficient (Wildman–Crippen LogP) is 3.37. The Morgan fingerprint density at radius 2 is 1.61 bits per heavy atom. The van der Waals surface area contributed by atoms with E-state index in [0.717, 1.165) is 42.9 Å². The Balaban J connectivity index is 1.38. The lowest BCUT2D eigenvalue weighted by Gasteiger charge is -2.37. The van der Waals surface area contributed by atoms with E-state index in [2.05, 4.69) is 36.9 Å². The van der Waals surface area contributed by atoms with E-state index in [0.29, 0.717) is 11.4 Å². The van der Waals surface area contributed by atoms with E-state index in [9.17, 15) is 10.2 Å². The smallest absolute Gasteiger partial charge is 0.200 e. The third-order valence-electron chi connectivity index (χ3n) is 5.69. The molecule has 8 heteroatoms. The molecule has 0 saturated carbocycles. The summed E-state index contributed by atoms with van der Waals surface area (Å²) in [5.41, 5.74) is 4.73. The Morgan fingerprint density at radius 3 is 2.32 bits per heavy atom. The number of aromatic amines is 1. The molecular formula is C23H23N5O3. The number of piperazine rings is 1. The molecule has 5 rings (SSSR count). The third-order valence-corrected chi connectivity index (χ3v) is 5.69. The van der Waals surface area contributed by atoms with Gasteiger partial charge in [-0.25, -0.2) is 4.98 Å². The number of nitrogens with zero attached hydrogens (tertiary/aromatic N) is 4. The largest absolute Gasteiger partial charge is 0.504 e. The number of H-pyrrole nitrogens is 1. The van der Waals surface area contributed by atoms with Crippen LogP contribution in [0.15, 0.2) is 54.9 Å². The van der Waals surface area contributed by atoms with Gasteiger partial charge in [0.05, 0.1) is 18.1 Å². The summed E-state index contributed by atoms with van der Waals surface area (Å²) >= 11 is 0. The highest BCUT2D eigenvalue weighted by molar-refractivity contribution is 5.83. The SMILES string of the molecule is COc1cc(-c2nc3ccc(N4CCN(c5ccncc5)CC4)cc3[nH]2)cc(O)c1O. The van der Waals surface area contributed by atoms with Crippen molar-refractivity contribution in [2.75, 3.05) is 43.1 Å². The number of imidazole rings is 1. The Morgan fingerprint density at radius 1 is 0.903 bits per heavy atom. The van der Waals surface area contributed by atoms with Crippen LogP contribution in [-0.2, 0) is 0 Å². The molecular weight excluding hydrogens is 394 g/mol. The molecule has 1 saturated heterocycles. The van der Waals surface area contributed by atoms with Crippen LogP contribution in [0.3, 0.4) is 0 Å². The summed E-state index contributed by atoms with van der Waals surface area (Å²) in [6.45, 7) is 3.75. The number of phenols is 2. The van der Waals surface area contributed by atoms with Gasteiger partial charge in [-0.3, -0.25) is 4.98 Å². The molecule has 1 aliphatic heterocycles. The molecule has 2 aromatic heterocycles. The van der Waals surface area contributed by atoms with Crippen LogP contribution in [0, 0.1) is 0 Å². The number of benzene rings is 2. The molecule has 1 fully saturated rings. The number of phenolic OH excluding ortho intramolecular Hbond substituents is 2. The molecule has 0 spiro atoms. The lowest BCUT2D eigenvalue weighted by atomic mass is 10.1. The van der Waals surface area contributed by atoms with Crippen LogP contribution in [0.5, 0.6) is 17.2 Å². The Hall–Kier alpha value is -3.94. The summed E-state index contributed by atoms with van der Waals surface area (Å²) in [6.07, 6.45) is 3.66. The Bertz CT molecular complexity index is 1220. The van der Waals surface area contributed by atoms with Crippen LogP contribution in [-0.4, -0.2) is 58.5 Å². The van der Waals surface area contributed by atoms with Crippen LogP contribution in [0.1, 0.15) is 0 Å². The van der Waals surface area contributed by atoms with Crippen molar-refractivity contribution < 1.29 is 14.9 Å². The second kappa shape index (κ2) is 7.71. The van der Waals surface area contributed by atoms with Crippen molar-refractivity contribution in [1.82, 2.24) is 15.0 Å². The van der Waals surface area contributed by atoms with Crippen molar-refractivity contribution in [3.05, 3.63) is 54.9 Å². The molecule has 158 valence electrons. The minimum absolute atomic E-state index is 0.197. The van der Waals surface area contributed by atoms with Crippen LogP contribution in [0.2, 0.25) is 0 Å². The number of fused-ring (bicyclic) bond motifs is 1. The zero-order valence-electron chi connectivity index (χ0n) is 17.1. The summed E-state index contributed by atoms with van der Waals surface area (Å²) < 4.78 is 5.14. The maximum absolute atomic E-state index is 9.98. The number of rotatable bonds is 4. The molecule has 0 amide bonds. The van der Waals surface area contributed by atoms with Crippen molar-refractivity contribution in [3.63, 3.8) is 0 Å². The fraction of sp³-hybridized carbons (Fsp3) is 0.217. The van der Waals surface area contributed by atoms with Crippen molar-refractivity contribution >= 4 is 22.4 Å². The zero-order chi connectivity index (χ0) is 21.4.